The van der Waals surface area contributed by atoms with Crippen LogP contribution in [0.25, 0.3) is 0 Å². The van der Waals surface area contributed by atoms with Crippen molar-refractivity contribution < 1.29 is 14.3 Å². The molecule has 0 radical (unpaired) electrons. The quantitative estimate of drug-likeness (QED) is 0.438. The number of esters is 2. The summed E-state index contributed by atoms with van der Waals surface area (Å²) < 4.78 is 4.45. The molecule has 66 valence electrons. The molecule has 1 aliphatic rings. The monoisotopic (exact) mass is 177 g/mol. The largest absolute Gasteiger partial charge is 0.386 e. The fourth-order valence-electron chi connectivity index (χ4n) is 1.44. The van der Waals surface area contributed by atoms with Crippen LogP contribution in [0.1, 0.15) is 32.1 Å². The van der Waals surface area contributed by atoms with Crippen LogP contribution in [0.2, 0.25) is 0 Å². The van der Waals surface area contributed by atoms with E-state index in [0.717, 1.165) is 0 Å². The minimum atomic E-state index is -0.593. The molecule has 13 heavy (non-hydrogen) atoms. The highest BCUT2D eigenvalue weighted by Crippen LogP contribution is 2.22. The van der Waals surface area contributed by atoms with Crippen LogP contribution in [0, 0.1) is 13.8 Å². The molecular weight excluding hydrogens is 170 g/mol. The molecule has 0 saturated carbocycles. The minimum absolute atomic E-state index is 0.301. The number of cyclic esters (lactones) is 2. The summed E-state index contributed by atoms with van der Waals surface area (Å²) in [6.45, 7) is 3.45. The third kappa shape index (κ3) is 1.02. The molecule has 0 fully saturated rings. The van der Waals surface area contributed by atoms with Gasteiger partial charge in [0.25, 0.3) is 0 Å². The zero-order chi connectivity index (χ0) is 9.59. The van der Waals surface area contributed by atoms with Crippen LogP contribution in [0.3, 0.4) is 0 Å². The summed E-state index contributed by atoms with van der Waals surface area (Å²) in [7, 11) is 0. The van der Waals surface area contributed by atoms with E-state index in [-0.39, 0.29) is 0 Å². The Hall–Kier alpha value is -1.71. The highest BCUT2D eigenvalue weighted by Gasteiger charge is 2.32. The van der Waals surface area contributed by atoms with Crippen LogP contribution in [0.4, 0.5) is 0 Å². The summed E-state index contributed by atoms with van der Waals surface area (Å²) in [4.78, 5) is 26.3. The van der Waals surface area contributed by atoms with Crippen LogP contribution >= 0.6 is 0 Å². The van der Waals surface area contributed by atoms with Crippen molar-refractivity contribution in [3.63, 3.8) is 0 Å². The molecule has 1 aromatic heterocycles. The number of pyridine rings is 1. The highest BCUT2D eigenvalue weighted by atomic mass is 16.6. The first-order valence-corrected chi connectivity index (χ1v) is 3.84. The van der Waals surface area contributed by atoms with E-state index in [0.29, 0.717) is 22.5 Å². The first-order valence-electron chi connectivity index (χ1n) is 3.84. The van der Waals surface area contributed by atoms with Crippen molar-refractivity contribution in [2.75, 3.05) is 0 Å². The summed E-state index contributed by atoms with van der Waals surface area (Å²) >= 11 is 0. The van der Waals surface area contributed by atoms with E-state index in [4.69, 9.17) is 0 Å². The summed E-state index contributed by atoms with van der Waals surface area (Å²) in [5.74, 6) is -1.17. The predicted octanol–water partition coefficient (Wildman–Crippen LogP) is 1.01. The number of aromatic nitrogens is 1. The summed E-state index contributed by atoms with van der Waals surface area (Å²) in [6, 6.07) is 1.57. The van der Waals surface area contributed by atoms with Crippen molar-refractivity contribution in [2.24, 2.45) is 0 Å². The second-order valence-electron chi connectivity index (χ2n) is 2.95. The topological polar surface area (TPSA) is 56.3 Å². The lowest BCUT2D eigenvalue weighted by atomic mass is 10.1. The van der Waals surface area contributed by atoms with Crippen molar-refractivity contribution in [1.29, 1.82) is 0 Å². The molecule has 2 heterocycles. The van der Waals surface area contributed by atoms with E-state index in [2.05, 4.69) is 9.72 Å². The second-order valence-corrected chi connectivity index (χ2v) is 2.95. The maximum absolute atomic E-state index is 11.1. The Morgan fingerprint density at radius 3 is 2.62 bits per heavy atom. The van der Waals surface area contributed by atoms with Crippen molar-refractivity contribution in [3.05, 3.63) is 28.6 Å². The lowest BCUT2D eigenvalue weighted by Crippen LogP contribution is -2.00. The van der Waals surface area contributed by atoms with E-state index in [1.165, 1.54) is 0 Å². The average Bonchev–Trinajstić information content (AvgIpc) is 2.27. The van der Waals surface area contributed by atoms with Crippen LogP contribution in [0.5, 0.6) is 0 Å². The first-order chi connectivity index (χ1) is 6.09. The third-order valence-corrected chi connectivity index (χ3v) is 1.94. The molecule has 0 N–H and O–H groups in total. The number of hydrogen-bond donors (Lipinski definition) is 0. The lowest BCUT2D eigenvalue weighted by molar-refractivity contribution is 0.0443. The van der Waals surface area contributed by atoms with Crippen molar-refractivity contribution >= 4 is 11.9 Å². The van der Waals surface area contributed by atoms with Gasteiger partial charge < -0.3 is 4.74 Å². The van der Waals surface area contributed by atoms with Crippen molar-refractivity contribution in [1.82, 2.24) is 4.98 Å². The van der Waals surface area contributed by atoms with Crippen molar-refractivity contribution in [3.8, 4) is 0 Å². The molecule has 1 aromatic rings. The molecule has 0 amide bonds. The molecule has 0 saturated heterocycles. The minimum Gasteiger partial charge on any atom is -0.386 e. The number of ether oxygens (including phenoxy) is 1. The van der Waals surface area contributed by atoms with Gasteiger partial charge in [-0.25, -0.2) is 9.59 Å². The molecule has 0 spiro atoms. The number of fused-ring (bicyclic) bond motifs is 1. The number of nitrogens with zero attached hydrogens (tertiary/aromatic N) is 1. The van der Waals surface area contributed by atoms with Gasteiger partial charge in [-0.15, -0.1) is 0 Å². The zero-order valence-electron chi connectivity index (χ0n) is 7.25. The second kappa shape index (κ2) is 2.39. The fourth-order valence-corrected chi connectivity index (χ4v) is 1.44. The van der Waals surface area contributed by atoms with Crippen LogP contribution in [-0.4, -0.2) is 16.9 Å². The van der Waals surface area contributed by atoms with Gasteiger partial charge in [-0.1, -0.05) is 0 Å². The SMILES string of the molecule is Cc1cc2c(c(C)n1)C(=O)OC2=O. The Morgan fingerprint density at radius 2 is 1.92 bits per heavy atom. The van der Waals surface area contributed by atoms with Crippen LogP contribution < -0.4 is 0 Å². The van der Waals surface area contributed by atoms with Gasteiger partial charge in [-0.05, 0) is 19.9 Å². The number of carbonyl (C=O) groups excluding carboxylic acids is 2. The Morgan fingerprint density at radius 1 is 1.23 bits per heavy atom. The van der Waals surface area contributed by atoms with E-state index < -0.39 is 11.9 Å². The zero-order valence-corrected chi connectivity index (χ0v) is 7.25. The Balaban J connectivity index is 2.77. The molecule has 0 atom stereocenters. The van der Waals surface area contributed by atoms with E-state index >= 15 is 0 Å². The van der Waals surface area contributed by atoms with E-state index in [1.54, 1.807) is 19.9 Å². The standard InChI is InChI=1S/C9H7NO3/c1-4-3-6-7(5(2)10-4)9(12)13-8(6)11/h3H,1-2H3. The summed E-state index contributed by atoms with van der Waals surface area (Å²) in [5.41, 5.74) is 1.89. The molecule has 0 bridgehead atoms. The van der Waals surface area contributed by atoms with Crippen LogP contribution in [-0.2, 0) is 4.74 Å². The number of hydrogen-bond acceptors (Lipinski definition) is 4. The number of carbonyl (C=O) groups is 2. The lowest BCUT2D eigenvalue weighted by Gasteiger charge is -1.98. The molecule has 4 nitrogen and oxygen atoms in total. The summed E-state index contributed by atoms with van der Waals surface area (Å²) in [5, 5.41) is 0. The third-order valence-electron chi connectivity index (χ3n) is 1.94. The number of aryl methyl sites for hydroxylation is 2. The van der Waals surface area contributed by atoms with Crippen molar-refractivity contribution in [2.45, 2.75) is 13.8 Å². The normalized spacial score (nSPS) is 14.3. The molecule has 0 aromatic carbocycles. The van der Waals surface area contributed by atoms with Gasteiger partial charge in [-0.3, -0.25) is 4.98 Å². The fraction of sp³-hybridized carbons (Fsp3) is 0.222. The molecule has 4 heteroatoms. The van der Waals surface area contributed by atoms with Gasteiger partial charge in [0.2, 0.25) is 0 Å². The molecule has 0 aliphatic carbocycles. The van der Waals surface area contributed by atoms with Gasteiger partial charge in [0.1, 0.15) is 0 Å². The van der Waals surface area contributed by atoms with Gasteiger partial charge in [-0.2, -0.15) is 0 Å². The van der Waals surface area contributed by atoms with E-state index in [1.807, 2.05) is 0 Å². The molecule has 2 rings (SSSR count). The maximum Gasteiger partial charge on any atom is 0.348 e. The highest BCUT2D eigenvalue weighted by molar-refractivity contribution is 6.15. The molecular formula is C9H7NO3. The van der Waals surface area contributed by atoms with Gasteiger partial charge in [0.05, 0.1) is 16.8 Å². The summed E-state index contributed by atoms with van der Waals surface area (Å²) in [6.07, 6.45) is 0. The number of rotatable bonds is 0. The Bertz CT molecular complexity index is 423. The van der Waals surface area contributed by atoms with E-state index in [9.17, 15) is 9.59 Å². The molecule has 1 aliphatic heterocycles. The maximum atomic E-state index is 11.1. The van der Waals surface area contributed by atoms with Gasteiger partial charge in [0.15, 0.2) is 0 Å². The predicted molar refractivity (Wildman–Crippen MR) is 43.5 cm³/mol. The first kappa shape index (κ1) is 7.91. The Kier molecular flexibility index (Phi) is 1.45. The smallest absolute Gasteiger partial charge is 0.348 e. The van der Waals surface area contributed by atoms with Gasteiger partial charge >= 0.3 is 11.9 Å². The molecule has 0 unspecified atom stereocenters. The average molecular weight is 177 g/mol. The van der Waals surface area contributed by atoms with Crippen LogP contribution in [0.15, 0.2) is 6.07 Å². The van der Waals surface area contributed by atoms with Gasteiger partial charge in [0, 0.05) is 5.69 Å². The Labute approximate surface area is 74.5 Å².